The van der Waals surface area contributed by atoms with E-state index in [0.717, 1.165) is 9.99 Å². The highest BCUT2D eigenvalue weighted by molar-refractivity contribution is 9.10. The Morgan fingerprint density at radius 3 is 2.76 bits per heavy atom. The van der Waals surface area contributed by atoms with Gasteiger partial charge in [-0.25, -0.2) is 0 Å². The highest BCUT2D eigenvalue weighted by atomic mass is 79.9. The number of amides is 2. The first-order valence-electron chi connectivity index (χ1n) is 7.50. The second-order valence-electron chi connectivity index (χ2n) is 5.28. The fraction of sp³-hybridized carbons (Fsp3) is 0.118. The molecule has 0 fully saturated rings. The molecule has 8 heteroatoms. The quantitative estimate of drug-likeness (QED) is 0.584. The second-order valence-corrected chi connectivity index (χ2v) is 6.19. The van der Waals surface area contributed by atoms with Crippen molar-refractivity contribution >= 4 is 38.6 Å². The van der Waals surface area contributed by atoms with Crippen molar-refractivity contribution in [3.8, 4) is 5.75 Å². The van der Waals surface area contributed by atoms with Gasteiger partial charge in [-0.1, -0.05) is 40.2 Å². The molecule has 0 radical (unpaired) electrons. The summed E-state index contributed by atoms with van der Waals surface area (Å²) in [5.41, 5.74) is 5.63. The molecule has 0 saturated carbocycles. The molecular formula is C17H15BrN4O3. The number of hydrogen-bond acceptors (Lipinski definition) is 4. The van der Waals surface area contributed by atoms with E-state index in [1.165, 1.54) is 0 Å². The van der Waals surface area contributed by atoms with Crippen molar-refractivity contribution in [3.05, 3.63) is 58.7 Å². The summed E-state index contributed by atoms with van der Waals surface area (Å²) in [5.74, 6) is -0.449. The minimum atomic E-state index is -0.787. The lowest BCUT2D eigenvalue weighted by Crippen LogP contribution is -2.47. The zero-order chi connectivity index (χ0) is 17.8. The number of fused-ring (bicyclic) bond motifs is 1. The maximum Gasteiger partial charge on any atom is 0.290 e. The fourth-order valence-electron chi connectivity index (χ4n) is 2.21. The first-order chi connectivity index (χ1) is 12.0. The van der Waals surface area contributed by atoms with Gasteiger partial charge < -0.3 is 4.74 Å². The van der Waals surface area contributed by atoms with E-state index in [1.54, 1.807) is 37.3 Å². The predicted octanol–water partition coefficient (Wildman–Crippen LogP) is 2.55. The van der Waals surface area contributed by atoms with Crippen LogP contribution in [0.5, 0.6) is 5.75 Å². The summed E-state index contributed by atoms with van der Waals surface area (Å²) < 4.78 is 6.38. The van der Waals surface area contributed by atoms with Crippen molar-refractivity contribution in [1.82, 2.24) is 21.0 Å². The molecule has 0 aliphatic rings. The van der Waals surface area contributed by atoms with Crippen molar-refractivity contribution in [2.24, 2.45) is 0 Å². The Hall–Kier alpha value is -2.87. The summed E-state index contributed by atoms with van der Waals surface area (Å²) in [5, 5.41) is 7.41. The molecule has 0 aliphatic carbocycles. The van der Waals surface area contributed by atoms with Gasteiger partial charge in [-0.15, -0.1) is 0 Å². The van der Waals surface area contributed by atoms with Gasteiger partial charge in [0.2, 0.25) is 0 Å². The van der Waals surface area contributed by atoms with E-state index in [2.05, 4.69) is 37.0 Å². The summed E-state index contributed by atoms with van der Waals surface area (Å²) in [6, 6.07) is 14.4. The molecule has 0 aliphatic heterocycles. The maximum atomic E-state index is 12.2. The highest BCUT2D eigenvalue weighted by Crippen LogP contribution is 2.19. The summed E-state index contributed by atoms with van der Waals surface area (Å²) in [7, 11) is 0. The van der Waals surface area contributed by atoms with E-state index in [1.807, 2.05) is 18.2 Å². The van der Waals surface area contributed by atoms with Crippen molar-refractivity contribution in [2.75, 3.05) is 0 Å². The van der Waals surface area contributed by atoms with Gasteiger partial charge in [-0.2, -0.15) is 5.10 Å². The van der Waals surface area contributed by atoms with Gasteiger partial charge >= 0.3 is 0 Å². The van der Waals surface area contributed by atoms with Crippen molar-refractivity contribution in [1.29, 1.82) is 0 Å². The van der Waals surface area contributed by atoms with E-state index in [4.69, 9.17) is 4.74 Å². The minimum absolute atomic E-state index is 0.205. The number of nitrogens with one attached hydrogen (secondary N) is 3. The monoisotopic (exact) mass is 402 g/mol. The third-order valence-corrected chi connectivity index (χ3v) is 3.96. The van der Waals surface area contributed by atoms with Gasteiger partial charge in [-0.05, 0) is 31.2 Å². The van der Waals surface area contributed by atoms with Crippen LogP contribution in [0.4, 0.5) is 0 Å². The van der Waals surface area contributed by atoms with Crippen LogP contribution in [0, 0.1) is 0 Å². The SMILES string of the molecule is CC(Oc1cccc(Br)c1)C(=O)NNC(=O)c1n[nH]c2ccccc12. The topological polar surface area (TPSA) is 96.1 Å². The first kappa shape index (κ1) is 17.0. The number of aromatic amines is 1. The number of carbonyl (C=O) groups is 2. The minimum Gasteiger partial charge on any atom is -0.481 e. The number of hydrogen-bond donors (Lipinski definition) is 3. The molecule has 1 unspecified atom stereocenters. The summed E-state index contributed by atoms with van der Waals surface area (Å²) >= 11 is 3.33. The molecular weight excluding hydrogens is 388 g/mol. The van der Waals surface area contributed by atoms with Gasteiger partial charge in [0.05, 0.1) is 5.52 Å². The van der Waals surface area contributed by atoms with Crippen molar-refractivity contribution in [3.63, 3.8) is 0 Å². The summed E-state index contributed by atoms with van der Waals surface area (Å²) in [6.45, 7) is 1.59. The van der Waals surface area contributed by atoms with Crippen LogP contribution in [-0.4, -0.2) is 28.1 Å². The van der Waals surface area contributed by atoms with Crippen LogP contribution in [0.15, 0.2) is 53.0 Å². The first-order valence-corrected chi connectivity index (χ1v) is 8.29. The Balaban J connectivity index is 1.59. The van der Waals surface area contributed by atoms with Crippen molar-refractivity contribution < 1.29 is 14.3 Å². The fourth-order valence-corrected chi connectivity index (χ4v) is 2.59. The molecule has 2 amide bonds. The molecule has 128 valence electrons. The van der Waals surface area contributed by atoms with Crippen LogP contribution in [0.1, 0.15) is 17.4 Å². The molecule has 3 aromatic rings. The zero-order valence-corrected chi connectivity index (χ0v) is 14.8. The Bertz CT molecular complexity index is 925. The van der Waals surface area contributed by atoms with E-state index in [0.29, 0.717) is 11.1 Å². The zero-order valence-electron chi connectivity index (χ0n) is 13.2. The van der Waals surface area contributed by atoms with E-state index in [-0.39, 0.29) is 5.69 Å². The average Bonchev–Trinajstić information content (AvgIpc) is 3.03. The molecule has 2 aromatic carbocycles. The lowest BCUT2D eigenvalue weighted by atomic mass is 10.2. The van der Waals surface area contributed by atoms with Crippen LogP contribution in [0.25, 0.3) is 10.9 Å². The predicted molar refractivity (Wildman–Crippen MR) is 95.9 cm³/mol. The molecule has 7 nitrogen and oxygen atoms in total. The Labute approximate surface area is 151 Å². The van der Waals surface area contributed by atoms with Gasteiger partial charge in [-0.3, -0.25) is 25.5 Å². The van der Waals surface area contributed by atoms with Gasteiger partial charge in [0.15, 0.2) is 11.8 Å². The number of para-hydroxylation sites is 1. The Morgan fingerprint density at radius 2 is 1.96 bits per heavy atom. The normalized spacial score (nSPS) is 11.8. The van der Waals surface area contributed by atoms with Gasteiger partial charge in [0.25, 0.3) is 11.8 Å². The van der Waals surface area contributed by atoms with Crippen LogP contribution in [0.3, 0.4) is 0 Å². The number of rotatable bonds is 4. The number of benzene rings is 2. The second kappa shape index (κ2) is 7.35. The molecule has 0 saturated heterocycles. The molecule has 0 bridgehead atoms. The number of carbonyl (C=O) groups excluding carboxylic acids is 2. The molecule has 3 rings (SSSR count). The number of halogens is 1. The molecule has 1 heterocycles. The van der Waals surface area contributed by atoms with Gasteiger partial charge in [0, 0.05) is 9.86 Å². The summed E-state index contributed by atoms with van der Waals surface area (Å²) in [4.78, 5) is 24.3. The van der Waals surface area contributed by atoms with Crippen LogP contribution >= 0.6 is 15.9 Å². The number of ether oxygens (including phenoxy) is 1. The van der Waals surface area contributed by atoms with Crippen molar-refractivity contribution in [2.45, 2.75) is 13.0 Å². The van der Waals surface area contributed by atoms with E-state index < -0.39 is 17.9 Å². The third kappa shape index (κ3) is 3.97. The van der Waals surface area contributed by atoms with Crippen LogP contribution in [0.2, 0.25) is 0 Å². The largest absolute Gasteiger partial charge is 0.481 e. The molecule has 3 N–H and O–H groups in total. The van der Waals surface area contributed by atoms with E-state index in [9.17, 15) is 9.59 Å². The Kier molecular flexibility index (Phi) is 4.99. The molecule has 1 atom stereocenters. The standard InChI is InChI=1S/C17H15BrN4O3/c1-10(25-12-6-4-5-11(18)9-12)16(23)21-22-17(24)15-13-7-2-3-8-14(13)19-20-15/h2-10H,1H3,(H,19,20)(H,21,23)(H,22,24). The lowest BCUT2D eigenvalue weighted by Gasteiger charge is -2.15. The molecule has 0 spiro atoms. The maximum absolute atomic E-state index is 12.2. The number of hydrazine groups is 1. The Morgan fingerprint density at radius 1 is 1.16 bits per heavy atom. The van der Waals surface area contributed by atoms with Crippen LogP contribution < -0.4 is 15.6 Å². The molecule has 25 heavy (non-hydrogen) atoms. The average molecular weight is 403 g/mol. The van der Waals surface area contributed by atoms with Crippen LogP contribution in [-0.2, 0) is 4.79 Å². The van der Waals surface area contributed by atoms with E-state index >= 15 is 0 Å². The molecule has 1 aromatic heterocycles. The van der Waals surface area contributed by atoms with Gasteiger partial charge in [0.1, 0.15) is 5.75 Å². The number of nitrogens with zero attached hydrogens (tertiary/aromatic N) is 1. The number of H-pyrrole nitrogens is 1. The summed E-state index contributed by atoms with van der Waals surface area (Å²) in [6.07, 6.45) is -0.787. The highest BCUT2D eigenvalue weighted by Gasteiger charge is 2.18. The number of aromatic nitrogens is 2. The smallest absolute Gasteiger partial charge is 0.290 e. The lowest BCUT2D eigenvalue weighted by molar-refractivity contribution is -0.128. The third-order valence-electron chi connectivity index (χ3n) is 3.46.